The average Bonchev–Trinajstić information content (AvgIpc) is 2.95. The lowest BCUT2D eigenvalue weighted by Gasteiger charge is -2.15. The molecule has 6 nitrogen and oxygen atoms in total. The topological polar surface area (TPSA) is 72.3 Å². The van der Waals surface area contributed by atoms with Crippen LogP contribution in [0.25, 0.3) is 0 Å². The van der Waals surface area contributed by atoms with Crippen molar-refractivity contribution in [1.29, 1.82) is 0 Å². The van der Waals surface area contributed by atoms with Crippen LogP contribution in [0.5, 0.6) is 11.5 Å². The lowest BCUT2D eigenvalue weighted by Crippen LogP contribution is -2.21. The number of fused-ring (bicyclic) bond motifs is 1. The fraction of sp³-hybridized carbons (Fsp3) is 0.278. The first-order chi connectivity index (χ1) is 12.1. The second-order valence-electron chi connectivity index (χ2n) is 5.33. The van der Waals surface area contributed by atoms with Crippen molar-refractivity contribution in [3.8, 4) is 11.5 Å². The molecule has 0 bridgehead atoms. The molecule has 1 aliphatic heterocycles. The van der Waals surface area contributed by atoms with E-state index in [4.69, 9.17) is 9.47 Å². The Balaban J connectivity index is 0.00000243. The fourth-order valence-corrected chi connectivity index (χ4v) is 3.13. The minimum absolute atomic E-state index is 0. The van der Waals surface area contributed by atoms with Crippen LogP contribution in [0.4, 0.5) is 10.5 Å². The maximum atomic E-state index is 11.2. The maximum absolute atomic E-state index is 11.2. The molecule has 0 aromatic heterocycles. The van der Waals surface area contributed by atoms with Gasteiger partial charge in [-0.25, -0.2) is 4.79 Å². The summed E-state index contributed by atoms with van der Waals surface area (Å²) >= 11 is 3.54. The first kappa shape index (κ1) is 20.2. The summed E-state index contributed by atoms with van der Waals surface area (Å²) in [5.74, 6) is 1.42. The number of anilines is 1. The number of rotatable bonds is 7. The molecule has 0 aliphatic carbocycles. The van der Waals surface area contributed by atoms with Gasteiger partial charge in [0.25, 0.3) is 0 Å². The van der Waals surface area contributed by atoms with E-state index in [1.54, 1.807) is 6.07 Å². The summed E-state index contributed by atoms with van der Waals surface area (Å²) in [4.78, 5) is 18.9. The lowest BCUT2D eigenvalue weighted by molar-refractivity contribution is 0.256. The van der Waals surface area contributed by atoms with Gasteiger partial charge < -0.3 is 14.8 Å². The number of halogens is 2. The molecule has 138 valence electrons. The highest BCUT2D eigenvalue weighted by atomic mass is 79.9. The summed E-state index contributed by atoms with van der Waals surface area (Å²) in [6.07, 6.45) is 0. The summed E-state index contributed by atoms with van der Waals surface area (Å²) in [5, 5.41) is 4.53. The van der Waals surface area contributed by atoms with Crippen LogP contribution >= 0.6 is 28.3 Å². The molecule has 2 aromatic carbocycles. The van der Waals surface area contributed by atoms with Crippen molar-refractivity contribution in [2.24, 2.45) is 9.98 Å². The highest BCUT2D eigenvalue weighted by Crippen LogP contribution is 2.37. The molecule has 0 saturated heterocycles. The number of carbonyl (C=O) groups excluding carboxylic acids is 1. The Bertz CT molecular complexity index is 934. The van der Waals surface area contributed by atoms with Crippen molar-refractivity contribution in [3.05, 3.63) is 51.1 Å². The maximum Gasteiger partial charge on any atom is 0.368 e. The van der Waals surface area contributed by atoms with Crippen LogP contribution in [-0.2, 0) is 6.54 Å². The monoisotopic (exact) mass is 439 g/mol. The van der Waals surface area contributed by atoms with Crippen molar-refractivity contribution >= 4 is 40.1 Å². The number of benzene rings is 2. The molecule has 26 heavy (non-hydrogen) atoms. The van der Waals surface area contributed by atoms with Gasteiger partial charge in [0, 0.05) is 12.2 Å². The van der Waals surface area contributed by atoms with E-state index in [0.29, 0.717) is 42.0 Å². The summed E-state index contributed by atoms with van der Waals surface area (Å²) in [5.41, 5.74) is 1.91. The largest absolute Gasteiger partial charge is 0.490 e. The van der Waals surface area contributed by atoms with Crippen molar-refractivity contribution in [3.63, 3.8) is 0 Å². The van der Waals surface area contributed by atoms with Crippen LogP contribution < -0.4 is 25.5 Å². The normalized spacial score (nSPS) is 11.7. The zero-order chi connectivity index (χ0) is 17.8. The van der Waals surface area contributed by atoms with Crippen LogP contribution in [0.15, 0.2) is 44.8 Å². The van der Waals surface area contributed by atoms with E-state index in [1.807, 2.05) is 38.1 Å². The van der Waals surface area contributed by atoms with Crippen molar-refractivity contribution in [2.75, 3.05) is 18.5 Å². The van der Waals surface area contributed by atoms with Crippen molar-refractivity contribution in [2.45, 2.75) is 20.4 Å². The van der Waals surface area contributed by atoms with Gasteiger partial charge in [-0.15, -0.1) is 12.4 Å². The molecule has 2 amide bonds. The number of urea groups is 1. The summed E-state index contributed by atoms with van der Waals surface area (Å²) in [7, 11) is 0. The molecule has 3 rings (SSSR count). The number of ether oxygens (including phenoxy) is 2. The molecule has 0 saturated carbocycles. The smallest absolute Gasteiger partial charge is 0.368 e. The van der Waals surface area contributed by atoms with E-state index in [2.05, 4.69) is 31.2 Å². The zero-order valence-corrected chi connectivity index (χ0v) is 16.8. The molecule has 1 heterocycles. The van der Waals surface area contributed by atoms with E-state index in [0.717, 1.165) is 15.7 Å². The number of carbonyl (C=O) groups is 1. The number of nitrogens with zero attached hydrogens (tertiary/aromatic N) is 2. The molecule has 0 unspecified atom stereocenters. The molecule has 1 aliphatic rings. The third-order valence-electron chi connectivity index (χ3n) is 3.56. The summed E-state index contributed by atoms with van der Waals surface area (Å²) < 4.78 is 12.2. The van der Waals surface area contributed by atoms with Crippen LogP contribution in [-0.4, -0.2) is 19.2 Å². The Morgan fingerprint density at radius 2 is 1.77 bits per heavy atom. The van der Waals surface area contributed by atoms with Gasteiger partial charge in [-0.05, 0) is 65.7 Å². The van der Waals surface area contributed by atoms with Gasteiger partial charge in [0.2, 0.25) is 0 Å². The Hall–Kier alpha value is -2.12. The quantitative estimate of drug-likeness (QED) is 0.713. The van der Waals surface area contributed by atoms with Gasteiger partial charge in [-0.1, -0.05) is 0 Å². The Morgan fingerprint density at radius 1 is 1.04 bits per heavy atom. The molecule has 0 radical (unpaired) electrons. The van der Waals surface area contributed by atoms with E-state index in [-0.39, 0.29) is 12.4 Å². The van der Waals surface area contributed by atoms with Crippen molar-refractivity contribution in [1.82, 2.24) is 0 Å². The third-order valence-corrected chi connectivity index (χ3v) is 4.15. The highest BCUT2D eigenvalue weighted by molar-refractivity contribution is 9.10. The molecular weight excluding hydrogens is 422 g/mol. The van der Waals surface area contributed by atoms with Gasteiger partial charge in [0.15, 0.2) is 11.5 Å². The molecule has 1 N–H and O–H groups in total. The number of hydrogen-bond acceptors (Lipinski definition) is 4. The highest BCUT2D eigenvalue weighted by Gasteiger charge is 2.12. The van der Waals surface area contributed by atoms with E-state index in [9.17, 15) is 4.79 Å². The summed E-state index contributed by atoms with van der Waals surface area (Å²) in [6, 6.07) is 8.98. The van der Waals surface area contributed by atoms with Crippen LogP contribution in [0, 0.1) is 0 Å². The van der Waals surface area contributed by atoms with Gasteiger partial charge in [0.05, 0.1) is 28.4 Å². The van der Waals surface area contributed by atoms with Crippen molar-refractivity contribution < 1.29 is 14.3 Å². The first-order valence-electron chi connectivity index (χ1n) is 8.04. The minimum atomic E-state index is -0.455. The molecule has 0 atom stereocenters. The number of nitrogens with one attached hydrogen (secondary N) is 1. The first-order valence-corrected chi connectivity index (χ1v) is 8.83. The Kier molecular flexibility index (Phi) is 6.99. The zero-order valence-electron chi connectivity index (χ0n) is 14.4. The standard InChI is InChI=1S/C18H18BrN3O3.ClH/c1-3-24-16-8-11(7-13(19)17(16)25-4-2)10-20-12-5-6-14-15(9-12)22-18(23)21-14;/h5-9,20H,3-4,10H2,1-2H3;1H. The lowest BCUT2D eigenvalue weighted by atomic mass is 10.2. The molecule has 8 heteroatoms. The van der Waals surface area contributed by atoms with Gasteiger partial charge in [-0.3, -0.25) is 0 Å². The molecule has 0 fully saturated rings. The van der Waals surface area contributed by atoms with Gasteiger partial charge >= 0.3 is 6.03 Å². The number of amides is 2. The van der Waals surface area contributed by atoms with Crippen LogP contribution in [0.3, 0.4) is 0 Å². The van der Waals surface area contributed by atoms with E-state index in [1.165, 1.54) is 0 Å². The van der Waals surface area contributed by atoms with E-state index >= 15 is 0 Å². The fourth-order valence-electron chi connectivity index (χ4n) is 2.52. The molecule has 2 aromatic rings. The SMILES string of the molecule is CCOc1cc(CNc2ccc3c(c2)=NC(=O)N=3)cc(Br)c1OCC.Cl. The molecular formula is C18H19BrClN3O3. The second kappa shape index (κ2) is 9.00. The minimum Gasteiger partial charge on any atom is -0.490 e. The second-order valence-corrected chi connectivity index (χ2v) is 6.19. The Morgan fingerprint density at radius 3 is 2.50 bits per heavy atom. The van der Waals surface area contributed by atoms with Crippen LogP contribution in [0.2, 0.25) is 0 Å². The predicted molar refractivity (Wildman–Crippen MR) is 105 cm³/mol. The average molecular weight is 441 g/mol. The predicted octanol–water partition coefficient (Wildman–Crippen LogP) is 3.65. The molecule has 0 spiro atoms. The third kappa shape index (κ3) is 4.53. The summed E-state index contributed by atoms with van der Waals surface area (Å²) in [6.45, 7) is 5.60. The van der Waals surface area contributed by atoms with Crippen LogP contribution in [0.1, 0.15) is 19.4 Å². The van der Waals surface area contributed by atoms with Gasteiger partial charge in [-0.2, -0.15) is 9.98 Å². The Labute approximate surface area is 165 Å². The van der Waals surface area contributed by atoms with Gasteiger partial charge in [0.1, 0.15) is 0 Å². The number of hydrogen-bond donors (Lipinski definition) is 1. The van der Waals surface area contributed by atoms with E-state index < -0.39 is 6.03 Å².